The molecule has 0 bridgehead atoms. The molecule has 0 aromatic heterocycles. The average molecular weight is 322 g/mol. The van der Waals surface area contributed by atoms with E-state index in [9.17, 15) is 9.59 Å². The maximum absolute atomic E-state index is 12.8. The summed E-state index contributed by atoms with van der Waals surface area (Å²) in [6.45, 7) is 7.26. The zero-order valence-corrected chi connectivity index (χ0v) is 14.5. The minimum Gasteiger partial charge on any atom is -0.449 e. The summed E-state index contributed by atoms with van der Waals surface area (Å²) in [5.41, 5.74) is 0. The third-order valence-corrected chi connectivity index (χ3v) is 5.55. The Hall–Kier alpha value is -1.26. The van der Waals surface area contributed by atoms with E-state index in [4.69, 9.17) is 4.74 Å². The molecule has 2 unspecified atom stereocenters. The van der Waals surface area contributed by atoms with Gasteiger partial charge in [0.15, 0.2) is 0 Å². The molecule has 23 heavy (non-hydrogen) atoms. The number of ether oxygens (including phenoxy) is 1. The van der Waals surface area contributed by atoms with E-state index in [0.29, 0.717) is 49.9 Å². The number of hydrogen-bond acceptors (Lipinski definition) is 3. The van der Waals surface area contributed by atoms with Crippen molar-refractivity contribution in [1.82, 2.24) is 9.80 Å². The second kappa shape index (κ2) is 7.10. The molecule has 2 saturated carbocycles. The number of nitrogens with zero attached hydrogens (tertiary/aromatic N) is 2. The summed E-state index contributed by atoms with van der Waals surface area (Å²) < 4.78 is 5.31. The number of fused-ring (bicyclic) bond motifs is 1. The van der Waals surface area contributed by atoms with Crippen LogP contribution in [0.1, 0.15) is 46.0 Å². The van der Waals surface area contributed by atoms with Crippen LogP contribution in [0.15, 0.2) is 0 Å². The topological polar surface area (TPSA) is 49.9 Å². The highest BCUT2D eigenvalue weighted by Gasteiger charge is 2.55. The third kappa shape index (κ3) is 3.81. The van der Waals surface area contributed by atoms with Crippen LogP contribution in [-0.4, -0.2) is 54.6 Å². The van der Waals surface area contributed by atoms with Crippen LogP contribution in [0, 0.1) is 23.7 Å². The van der Waals surface area contributed by atoms with Crippen LogP contribution in [-0.2, 0) is 9.53 Å². The Balaban J connectivity index is 1.48. The molecule has 0 N–H and O–H groups in total. The summed E-state index contributed by atoms with van der Waals surface area (Å²) in [5, 5.41) is 0. The van der Waals surface area contributed by atoms with E-state index in [0.717, 1.165) is 13.0 Å². The Morgan fingerprint density at radius 3 is 2.22 bits per heavy atom. The average Bonchev–Trinajstić information content (AvgIpc) is 3.30. The molecule has 0 spiro atoms. The van der Waals surface area contributed by atoms with Gasteiger partial charge in [-0.1, -0.05) is 26.7 Å². The van der Waals surface area contributed by atoms with Crippen LogP contribution in [0.2, 0.25) is 0 Å². The van der Waals surface area contributed by atoms with E-state index in [1.54, 1.807) is 4.90 Å². The molecule has 2 aliphatic carbocycles. The maximum atomic E-state index is 12.8. The first-order valence-corrected chi connectivity index (χ1v) is 9.28. The van der Waals surface area contributed by atoms with Crippen LogP contribution in [0.3, 0.4) is 0 Å². The summed E-state index contributed by atoms with van der Waals surface area (Å²) in [4.78, 5) is 28.6. The molecule has 3 aliphatic rings. The van der Waals surface area contributed by atoms with Crippen molar-refractivity contribution in [3.63, 3.8) is 0 Å². The Kier molecular flexibility index (Phi) is 5.12. The highest BCUT2D eigenvalue weighted by Crippen LogP contribution is 2.56. The molecule has 5 heteroatoms. The highest BCUT2D eigenvalue weighted by molar-refractivity contribution is 5.82. The zero-order chi connectivity index (χ0) is 16.4. The van der Waals surface area contributed by atoms with Crippen molar-refractivity contribution in [2.24, 2.45) is 23.7 Å². The van der Waals surface area contributed by atoms with Crippen molar-refractivity contribution in [2.45, 2.75) is 46.0 Å². The summed E-state index contributed by atoms with van der Waals surface area (Å²) in [6.07, 6.45) is 5.68. The van der Waals surface area contributed by atoms with Gasteiger partial charge in [0.05, 0.1) is 6.61 Å². The second-order valence-corrected chi connectivity index (χ2v) is 7.77. The quantitative estimate of drug-likeness (QED) is 0.803. The van der Waals surface area contributed by atoms with E-state index >= 15 is 0 Å². The molecular weight excluding hydrogens is 292 g/mol. The highest BCUT2D eigenvalue weighted by atomic mass is 16.6. The smallest absolute Gasteiger partial charge is 0.409 e. The molecule has 5 nitrogen and oxygen atoms in total. The van der Waals surface area contributed by atoms with Crippen molar-refractivity contribution in [3.8, 4) is 0 Å². The molecule has 0 radical (unpaired) electrons. The first kappa shape index (κ1) is 16.6. The minimum absolute atomic E-state index is 0.229. The lowest BCUT2D eigenvalue weighted by Gasteiger charge is -2.22. The summed E-state index contributed by atoms with van der Waals surface area (Å²) in [7, 11) is 0. The number of amides is 2. The number of carbonyl (C=O) groups excluding carboxylic acids is 2. The summed E-state index contributed by atoms with van der Waals surface area (Å²) in [6, 6.07) is 0. The molecule has 3 rings (SSSR count). The SMILES string of the molecule is CC(C)COC(=O)N1CCCN(C(=O)C2C3CCCCC32)CC1. The van der Waals surface area contributed by atoms with Crippen molar-refractivity contribution in [2.75, 3.05) is 32.8 Å². The fourth-order valence-electron chi connectivity index (χ4n) is 4.22. The van der Waals surface area contributed by atoms with Gasteiger partial charge in [0, 0.05) is 32.1 Å². The lowest BCUT2D eigenvalue weighted by molar-refractivity contribution is -0.133. The van der Waals surface area contributed by atoms with E-state index in [-0.39, 0.29) is 12.0 Å². The van der Waals surface area contributed by atoms with E-state index in [1.165, 1.54) is 25.7 Å². The van der Waals surface area contributed by atoms with Crippen molar-refractivity contribution in [3.05, 3.63) is 0 Å². The van der Waals surface area contributed by atoms with Crippen molar-refractivity contribution in [1.29, 1.82) is 0 Å². The fraction of sp³-hybridized carbons (Fsp3) is 0.889. The molecule has 3 fully saturated rings. The predicted octanol–water partition coefficient (Wildman–Crippen LogP) is 2.75. The van der Waals surface area contributed by atoms with Gasteiger partial charge in [-0.05, 0) is 37.0 Å². The van der Waals surface area contributed by atoms with Crippen LogP contribution in [0.4, 0.5) is 4.79 Å². The van der Waals surface area contributed by atoms with Crippen molar-refractivity contribution >= 4 is 12.0 Å². The lowest BCUT2D eigenvalue weighted by Crippen LogP contribution is -2.38. The van der Waals surface area contributed by atoms with Crippen LogP contribution < -0.4 is 0 Å². The number of hydrogen-bond donors (Lipinski definition) is 0. The molecule has 0 aromatic carbocycles. The van der Waals surface area contributed by atoms with Gasteiger partial charge >= 0.3 is 6.09 Å². The van der Waals surface area contributed by atoms with E-state index in [2.05, 4.69) is 0 Å². The van der Waals surface area contributed by atoms with E-state index in [1.807, 2.05) is 18.7 Å². The minimum atomic E-state index is -0.229. The Morgan fingerprint density at radius 2 is 1.57 bits per heavy atom. The van der Waals surface area contributed by atoms with Gasteiger partial charge in [0.25, 0.3) is 0 Å². The fourth-order valence-corrected chi connectivity index (χ4v) is 4.22. The largest absolute Gasteiger partial charge is 0.449 e. The molecule has 1 aliphatic heterocycles. The number of rotatable bonds is 3. The van der Waals surface area contributed by atoms with Crippen molar-refractivity contribution < 1.29 is 14.3 Å². The predicted molar refractivity (Wildman–Crippen MR) is 87.9 cm³/mol. The first-order chi connectivity index (χ1) is 11.1. The van der Waals surface area contributed by atoms with Gasteiger partial charge in [0.1, 0.15) is 0 Å². The normalized spacial score (nSPS) is 30.7. The molecule has 1 saturated heterocycles. The molecule has 2 amide bonds. The first-order valence-electron chi connectivity index (χ1n) is 9.28. The van der Waals surface area contributed by atoms with Gasteiger partial charge in [-0.15, -0.1) is 0 Å². The summed E-state index contributed by atoms with van der Waals surface area (Å²) >= 11 is 0. The lowest BCUT2D eigenvalue weighted by atomic mass is 10.0. The monoisotopic (exact) mass is 322 g/mol. The summed E-state index contributed by atoms with van der Waals surface area (Å²) in [5.74, 6) is 2.30. The Bertz CT molecular complexity index is 440. The Labute approximate surface area is 139 Å². The maximum Gasteiger partial charge on any atom is 0.409 e. The Morgan fingerprint density at radius 1 is 0.957 bits per heavy atom. The standard InChI is InChI=1S/C18H30N2O3/c1-13(2)12-23-18(22)20-9-5-8-19(10-11-20)17(21)16-14-6-3-4-7-15(14)16/h13-16H,3-12H2,1-2H3. The zero-order valence-electron chi connectivity index (χ0n) is 14.5. The number of carbonyl (C=O) groups is 2. The van der Waals surface area contributed by atoms with Gasteiger partial charge in [-0.2, -0.15) is 0 Å². The van der Waals surface area contributed by atoms with Gasteiger partial charge in [-0.25, -0.2) is 4.79 Å². The molecule has 130 valence electrons. The van der Waals surface area contributed by atoms with Crippen LogP contribution in [0.25, 0.3) is 0 Å². The second-order valence-electron chi connectivity index (χ2n) is 7.77. The molecular formula is C18H30N2O3. The van der Waals surface area contributed by atoms with Gasteiger partial charge in [-0.3, -0.25) is 4.79 Å². The van der Waals surface area contributed by atoms with E-state index < -0.39 is 0 Å². The van der Waals surface area contributed by atoms with Gasteiger partial charge < -0.3 is 14.5 Å². The molecule has 2 atom stereocenters. The molecule has 1 heterocycles. The molecule has 0 aromatic rings. The van der Waals surface area contributed by atoms with Crippen LogP contribution >= 0.6 is 0 Å². The van der Waals surface area contributed by atoms with Gasteiger partial charge in [0.2, 0.25) is 5.91 Å². The van der Waals surface area contributed by atoms with Crippen LogP contribution in [0.5, 0.6) is 0 Å². The third-order valence-electron chi connectivity index (χ3n) is 5.55.